The normalized spacial score (nSPS) is 33.3. The highest BCUT2D eigenvalue weighted by Gasteiger charge is 2.57. The molecule has 0 amide bonds. The number of aliphatic hydroxyl groups is 8. The maximum Gasteiger partial charge on any atom is 0.263 e. The van der Waals surface area contributed by atoms with Crippen molar-refractivity contribution in [1.82, 2.24) is 0 Å². The van der Waals surface area contributed by atoms with E-state index in [0.717, 1.165) is 0 Å². The summed E-state index contributed by atoms with van der Waals surface area (Å²) < 4.78 is 21.9. The minimum Gasteiger partial charge on any atom is -0.508 e. The number of phenolic OH excluding ortho intramolecular Hbond substituents is 2. The minimum atomic E-state index is -2.02. The van der Waals surface area contributed by atoms with Gasteiger partial charge in [-0.3, -0.25) is 0 Å². The van der Waals surface area contributed by atoms with Crippen molar-refractivity contribution in [2.75, 3.05) is 26.4 Å². The Labute approximate surface area is 234 Å². The average Bonchev–Trinajstić information content (AvgIpc) is 3.35. The molecular formula is C27H36O14. The second-order valence-electron chi connectivity index (χ2n) is 10.1. The zero-order chi connectivity index (χ0) is 29.9. The molecule has 2 heterocycles. The van der Waals surface area contributed by atoms with Crippen LogP contribution in [-0.4, -0.2) is 126 Å². The second kappa shape index (κ2) is 12.6. The number of aryl methyl sites for hydroxylation is 2. The molecule has 2 saturated heterocycles. The highest BCUT2D eigenvalue weighted by atomic mass is 16.7. The molecule has 8 atom stereocenters. The van der Waals surface area contributed by atoms with Crippen LogP contribution in [0.25, 0.3) is 0 Å². The summed E-state index contributed by atoms with van der Waals surface area (Å²) >= 11 is 0. The van der Waals surface area contributed by atoms with E-state index in [9.17, 15) is 51.1 Å². The van der Waals surface area contributed by atoms with Gasteiger partial charge in [0.2, 0.25) is 0 Å². The molecule has 2 fully saturated rings. The van der Waals surface area contributed by atoms with Crippen LogP contribution in [0.15, 0.2) is 36.4 Å². The van der Waals surface area contributed by atoms with E-state index in [2.05, 4.69) is 0 Å². The number of benzene rings is 2. The molecule has 2 aromatic carbocycles. The van der Waals surface area contributed by atoms with Crippen LogP contribution in [0.3, 0.4) is 0 Å². The SMILES string of the molecule is OC[C@H]1OC(CO)(Oc2ccc(CCCc3ccc(OC4(CO)O[C@H](CO)[C@@H](O)[C@@H]4O)cc3O)c(O)c2)[C@@H](O)[C@@H]1O. The quantitative estimate of drug-likeness (QED) is 0.126. The Bertz CT molecular complexity index is 1090. The highest BCUT2D eigenvalue weighted by molar-refractivity contribution is 5.42. The molecule has 14 heteroatoms. The van der Waals surface area contributed by atoms with Crippen molar-refractivity contribution >= 4 is 0 Å². The van der Waals surface area contributed by atoms with Gasteiger partial charge in [0.25, 0.3) is 11.6 Å². The first-order valence-corrected chi connectivity index (χ1v) is 13.1. The molecule has 2 aromatic rings. The first-order valence-electron chi connectivity index (χ1n) is 13.1. The maximum atomic E-state index is 10.5. The minimum absolute atomic E-state index is 0.0493. The molecule has 0 saturated carbocycles. The number of ether oxygens (including phenoxy) is 4. The van der Waals surface area contributed by atoms with E-state index in [-0.39, 0.29) is 23.0 Å². The van der Waals surface area contributed by atoms with E-state index in [4.69, 9.17) is 18.9 Å². The van der Waals surface area contributed by atoms with Crippen molar-refractivity contribution in [2.45, 2.75) is 67.5 Å². The molecule has 2 aliphatic rings. The van der Waals surface area contributed by atoms with Crippen LogP contribution in [0.1, 0.15) is 17.5 Å². The topological polar surface area (TPSA) is 239 Å². The van der Waals surface area contributed by atoms with Crippen LogP contribution in [0.5, 0.6) is 23.0 Å². The summed E-state index contributed by atoms with van der Waals surface area (Å²) in [5.74, 6) is -4.21. The monoisotopic (exact) mass is 584 g/mol. The lowest BCUT2D eigenvalue weighted by atomic mass is 10.0. The van der Waals surface area contributed by atoms with E-state index in [1.54, 1.807) is 12.1 Å². The lowest BCUT2D eigenvalue weighted by Crippen LogP contribution is -2.51. The average molecular weight is 585 g/mol. The van der Waals surface area contributed by atoms with Gasteiger partial charge >= 0.3 is 0 Å². The van der Waals surface area contributed by atoms with Crippen molar-refractivity contribution in [3.05, 3.63) is 47.5 Å². The molecule has 41 heavy (non-hydrogen) atoms. The molecule has 2 aliphatic heterocycles. The van der Waals surface area contributed by atoms with Gasteiger partial charge in [0.05, 0.1) is 13.2 Å². The molecule has 10 N–H and O–H groups in total. The van der Waals surface area contributed by atoms with Gasteiger partial charge in [0.1, 0.15) is 72.8 Å². The van der Waals surface area contributed by atoms with Gasteiger partial charge in [-0.05, 0) is 42.5 Å². The summed E-state index contributed by atoms with van der Waals surface area (Å²) in [7, 11) is 0. The van der Waals surface area contributed by atoms with E-state index >= 15 is 0 Å². The number of hydrogen-bond donors (Lipinski definition) is 10. The second-order valence-corrected chi connectivity index (χ2v) is 10.1. The van der Waals surface area contributed by atoms with Gasteiger partial charge in [-0.1, -0.05) is 12.1 Å². The van der Waals surface area contributed by atoms with Gasteiger partial charge < -0.3 is 70.0 Å². The van der Waals surface area contributed by atoms with Crippen LogP contribution in [0, 0.1) is 0 Å². The standard InChI is InChI=1S/C27H36O14/c28-10-20-22(34)24(36)26(12-30,40-20)38-16-6-4-14(18(32)8-16)2-1-3-15-5-7-17(9-19(15)33)39-27(13-31)25(37)23(35)21(11-29)41-27/h4-9,20-25,28-37H,1-3,10-13H2/t20-,21-,22-,23-,24+,25+,26?,27?/m1/s1. The van der Waals surface area contributed by atoms with Crippen molar-refractivity contribution in [3.8, 4) is 23.0 Å². The number of phenols is 2. The summed E-state index contributed by atoms with van der Waals surface area (Å²) in [4.78, 5) is 0. The summed E-state index contributed by atoms with van der Waals surface area (Å²) in [5, 5.41) is 99.7. The molecule has 0 radical (unpaired) electrons. The summed E-state index contributed by atoms with van der Waals surface area (Å²) in [6.07, 6.45) is -7.29. The Morgan fingerprint density at radius 1 is 0.634 bits per heavy atom. The summed E-state index contributed by atoms with van der Waals surface area (Å²) in [6.45, 7) is -2.85. The van der Waals surface area contributed by atoms with E-state index < -0.39 is 74.6 Å². The van der Waals surface area contributed by atoms with Gasteiger partial charge in [0.15, 0.2) is 0 Å². The van der Waals surface area contributed by atoms with Crippen molar-refractivity contribution < 1.29 is 70.0 Å². The lowest BCUT2D eigenvalue weighted by molar-refractivity contribution is -0.230. The highest BCUT2D eigenvalue weighted by Crippen LogP contribution is 2.37. The third-order valence-corrected chi connectivity index (χ3v) is 7.40. The van der Waals surface area contributed by atoms with Crippen LogP contribution in [0.2, 0.25) is 0 Å². The number of rotatable bonds is 12. The van der Waals surface area contributed by atoms with Gasteiger partial charge in [-0.2, -0.15) is 0 Å². The molecule has 228 valence electrons. The Morgan fingerprint density at radius 3 is 1.32 bits per heavy atom. The largest absolute Gasteiger partial charge is 0.508 e. The molecule has 4 rings (SSSR count). The van der Waals surface area contributed by atoms with Crippen LogP contribution in [-0.2, 0) is 22.3 Å². The Balaban J connectivity index is 1.35. The smallest absolute Gasteiger partial charge is 0.263 e. The first-order chi connectivity index (χ1) is 19.5. The predicted molar refractivity (Wildman–Crippen MR) is 137 cm³/mol. The molecule has 0 aromatic heterocycles. The summed E-state index contributed by atoms with van der Waals surface area (Å²) in [6, 6.07) is 8.64. The molecule has 0 spiro atoms. The maximum absolute atomic E-state index is 10.5. The Morgan fingerprint density at radius 2 is 1.02 bits per heavy atom. The fraction of sp³-hybridized carbons (Fsp3) is 0.556. The van der Waals surface area contributed by atoms with E-state index in [1.807, 2.05) is 0 Å². The Kier molecular flexibility index (Phi) is 9.60. The van der Waals surface area contributed by atoms with Crippen LogP contribution in [0.4, 0.5) is 0 Å². The van der Waals surface area contributed by atoms with Gasteiger partial charge in [0, 0.05) is 12.1 Å². The van der Waals surface area contributed by atoms with E-state index in [0.29, 0.717) is 30.4 Å². The Hall–Kier alpha value is -2.76. The fourth-order valence-corrected chi connectivity index (χ4v) is 5.01. The fourth-order valence-electron chi connectivity index (χ4n) is 5.01. The third kappa shape index (κ3) is 6.08. The first kappa shape index (κ1) is 31.2. The molecule has 0 bridgehead atoms. The third-order valence-electron chi connectivity index (χ3n) is 7.40. The van der Waals surface area contributed by atoms with Gasteiger partial charge in [-0.25, -0.2) is 0 Å². The zero-order valence-corrected chi connectivity index (χ0v) is 22.0. The predicted octanol–water partition coefficient (Wildman–Crippen LogP) is -2.37. The van der Waals surface area contributed by atoms with E-state index in [1.165, 1.54) is 24.3 Å². The number of aliphatic hydroxyl groups excluding tert-OH is 8. The zero-order valence-electron chi connectivity index (χ0n) is 22.0. The number of hydrogen-bond acceptors (Lipinski definition) is 14. The summed E-state index contributed by atoms with van der Waals surface area (Å²) in [5.41, 5.74) is 1.09. The van der Waals surface area contributed by atoms with Crippen molar-refractivity contribution in [1.29, 1.82) is 0 Å². The number of aromatic hydroxyl groups is 2. The lowest BCUT2D eigenvalue weighted by Gasteiger charge is -2.30. The van der Waals surface area contributed by atoms with Crippen molar-refractivity contribution in [3.63, 3.8) is 0 Å². The molecular weight excluding hydrogens is 548 g/mol. The van der Waals surface area contributed by atoms with Crippen molar-refractivity contribution in [2.24, 2.45) is 0 Å². The molecule has 14 nitrogen and oxygen atoms in total. The molecule has 2 unspecified atom stereocenters. The van der Waals surface area contributed by atoms with Crippen LogP contribution < -0.4 is 9.47 Å². The van der Waals surface area contributed by atoms with Crippen LogP contribution >= 0.6 is 0 Å². The van der Waals surface area contributed by atoms with Gasteiger partial charge in [-0.15, -0.1) is 0 Å². The molecule has 0 aliphatic carbocycles.